The lowest BCUT2D eigenvalue weighted by molar-refractivity contribution is -0.123. The third-order valence-electron chi connectivity index (χ3n) is 7.14. The van der Waals surface area contributed by atoms with Gasteiger partial charge in [0, 0.05) is 34.7 Å². The van der Waals surface area contributed by atoms with Gasteiger partial charge in [-0.2, -0.15) is 9.61 Å². The summed E-state index contributed by atoms with van der Waals surface area (Å²) in [6.45, 7) is 6.11. The molecular formula is C28H31N5O3S. The number of anilines is 2. The first-order valence-electron chi connectivity index (χ1n) is 12.6. The van der Waals surface area contributed by atoms with Crippen LogP contribution in [0.15, 0.2) is 48.7 Å². The van der Waals surface area contributed by atoms with Crippen molar-refractivity contribution in [3.05, 3.63) is 53.5 Å². The van der Waals surface area contributed by atoms with Gasteiger partial charge in [0.2, 0.25) is 5.91 Å². The number of rotatable bonds is 6. The van der Waals surface area contributed by atoms with Gasteiger partial charge in [0.25, 0.3) is 0 Å². The fraction of sp³-hybridized carbons (Fsp3) is 0.357. The number of fused-ring (bicyclic) bond motifs is 1. The zero-order chi connectivity index (χ0) is 26.3. The molecule has 1 saturated carbocycles. The second kappa shape index (κ2) is 9.97. The summed E-state index contributed by atoms with van der Waals surface area (Å²) in [4.78, 5) is 32.8. The molecule has 1 aliphatic rings. The van der Waals surface area contributed by atoms with Gasteiger partial charge in [0.1, 0.15) is 10.7 Å². The van der Waals surface area contributed by atoms with Crippen molar-refractivity contribution in [1.82, 2.24) is 14.6 Å². The van der Waals surface area contributed by atoms with Crippen LogP contribution in [-0.2, 0) is 4.79 Å². The first-order chi connectivity index (χ1) is 17.7. The molecule has 0 atom stereocenters. The number of carboxylic acid groups (broad SMARTS) is 1. The smallest absolute Gasteiger partial charge is 0.348 e. The number of nitrogen functional groups attached to an aromatic ring is 1. The summed E-state index contributed by atoms with van der Waals surface area (Å²) in [6, 6.07) is 13.1. The number of aromatic nitrogens is 3. The summed E-state index contributed by atoms with van der Waals surface area (Å²) in [5.74, 6) is 0.0947. The Bertz CT molecular complexity index is 1450. The zero-order valence-corrected chi connectivity index (χ0v) is 22.0. The second-order valence-electron chi connectivity index (χ2n) is 10.1. The van der Waals surface area contributed by atoms with Crippen molar-refractivity contribution in [3.63, 3.8) is 0 Å². The maximum absolute atomic E-state index is 13.6. The third kappa shape index (κ3) is 4.83. The molecule has 3 heterocycles. The molecule has 192 valence electrons. The minimum atomic E-state index is -1.02. The summed E-state index contributed by atoms with van der Waals surface area (Å²) in [7, 11) is 0. The van der Waals surface area contributed by atoms with Crippen molar-refractivity contribution in [3.8, 4) is 21.7 Å². The van der Waals surface area contributed by atoms with Crippen molar-refractivity contribution in [2.24, 2.45) is 11.8 Å². The Labute approximate surface area is 219 Å². The Hall–Kier alpha value is -3.72. The minimum absolute atomic E-state index is 0.0313. The topological polar surface area (TPSA) is 114 Å². The summed E-state index contributed by atoms with van der Waals surface area (Å²) in [6.07, 6.45) is 5.42. The van der Waals surface area contributed by atoms with E-state index in [2.05, 4.69) is 17.0 Å². The van der Waals surface area contributed by atoms with Crippen molar-refractivity contribution in [2.45, 2.75) is 52.5 Å². The highest BCUT2D eigenvalue weighted by atomic mass is 32.1. The normalized spacial score (nSPS) is 17.8. The molecule has 37 heavy (non-hydrogen) atoms. The average molecular weight is 518 g/mol. The van der Waals surface area contributed by atoms with Crippen LogP contribution in [0, 0.1) is 11.8 Å². The molecule has 1 amide bonds. The Morgan fingerprint density at radius 2 is 1.76 bits per heavy atom. The Balaban J connectivity index is 1.46. The van der Waals surface area contributed by atoms with Gasteiger partial charge in [-0.3, -0.25) is 4.79 Å². The highest BCUT2D eigenvalue weighted by molar-refractivity contribution is 7.18. The summed E-state index contributed by atoms with van der Waals surface area (Å²) < 4.78 is 1.60. The quantitative estimate of drug-likeness (QED) is 0.326. The van der Waals surface area contributed by atoms with E-state index in [1.54, 1.807) is 21.7 Å². The maximum Gasteiger partial charge on any atom is 0.348 e. The first-order valence-corrected chi connectivity index (χ1v) is 13.5. The molecule has 1 fully saturated rings. The standard InChI is InChI=1S/C28H31N5O3S/c1-16(2)32(27(34)20-6-4-17(3)5-7-20)22-15-23(37-26(22)28(35)36)19-10-8-18(9-11-19)21-14-25-30-13-12-24(29)33(25)31-21/h8-17,20H,4-7,29H2,1-3H3,(H,35,36)/t17-,20-. The largest absolute Gasteiger partial charge is 0.477 e. The third-order valence-corrected chi connectivity index (χ3v) is 8.30. The van der Waals surface area contributed by atoms with E-state index in [4.69, 9.17) is 5.73 Å². The molecule has 0 unspecified atom stereocenters. The van der Waals surface area contributed by atoms with E-state index >= 15 is 0 Å². The van der Waals surface area contributed by atoms with Gasteiger partial charge in [-0.15, -0.1) is 11.3 Å². The number of carboxylic acids is 1. The molecule has 3 N–H and O–H groups in total. The highest BCUT2D eigenvalue weighted by Gasteiger charge is 2.33. The van der Waals surface area contributed by atoms with Crippen molar-refractivity contribution in [1.29, 1.82) is 0 Å². The van der Waals surface area contributed by atoms with Gasteiger partial charge < -0.3 is 15.7 Å². The number of hydrogen-bond donors (Lipinski definition) is 2. The first kappa shape index (κ1) is 25.0. The number of hydrogen-bond acceptors (Lipinski definition) is 6. The second-order valence-corrected chi connectivity index (χ2v) is 11.2. The molecule has 0 saturated heterocycles. The number of amides is 1. The lowest BCUT2D eigenvalue weighted by Gasteiger charge is -2.33. The molecule has 5 rings (SSSR count). The molecule has 8 nitrogen and oxygen atoms in total. The lowest BCUT2D eigenvalue weighted by Crippen LogP contribution is -2.42. The highest BCUT2D eigenvalue weighted by Crippen LogP contribution is 2.40. The summed E-state index contributed by atoms with van der Waals surface area (Å²) in [5.41, 5.74) is 9.67. The van der Waals surface area contributed by atoms with E-state index in [1.165, 1.54) is 11.3 Å². The number of carbonyl (C=O) groups excluding carboxylic acids is 1. The van der Waals surface area contributed by atoms with Gasteiger partial charge in [-0.1, -0.05) is 31.2 Å². The summed E-state index contributed by atoms with van der Waals surface area (Å²) in [5, 5.41) is 14.6. The molecule has 1 aliphatic carbocycles. The molecule has 0 aliphatic heterocycles. The predicted molar refractivity (Wildman–Crippen MR) is 147 cm³/mol. The number of nitrogens with two attached hydrogens (primary N) is 1. The Morgan fingerprint density at radius 3 is 2.38 bits per heavy atom. The number of benzene rings is 1. The molecule has 9 heteroatoms. The van der Waals surface area contributed by atoms with Crippen LogP contribution in [0.5, 0.6) is 0 Å². The van der Waals surface area contributed by atoms with Crippen LogP contribution >= 0.6 is 11.3 Å². The number of nitrogens with zero attached hydrogens (tertiary/aromatic N) is 4. The van der Waals surface area contributed by atoms with Gasteiger partial charge in [0.05, 0.1) is 11.4 Å². The van der Waals surface area contributed by atoms with Crippen LogP contribution in [0.25, 0.3) is 27.3 Å². The van der Waals surface area contributed by atoms with E-state index in [0.29, 0.717) is 23.1 Å². The van der Waals surface area contributed by atoms with Crippen LogP contribution in [0.2, 0.25) is 0 Å². The summed E-state index contributed by atoms with van der Waals surface area (Å²) >= 11 is 1.20. The van der Waals surface area contributed by atoms with Crippen LogP contribution < -0.4 is 10.6 Å². The van der Waals surface area contributed by atoms with Gasteiger partial charge in [-0.05, 0) is 63.1 Å². The Kier molecular flexibility index (Phi) is 6.72. The van der Waals surface area contributed by atoms with Gasteiger partial charge in [-0.25, -0.2) is 9.78 Å². The van der Waals surface area contributed by atoms with E-state index in [9.17, 15) is 14.7 Å². The lowest BCUT2D eigenvalue weighted by atomic mass is 9.82. The fourth-order valence-electron chi connectivity index (χ4n) is 5.07. The average Bonchev–Trinajstić information content (AvgIpc) is 3.50. The maximum atomic E-state index is 13.6. The molecule has 0 radical (unpaired) electrons. The molecular weight excluding hydrogens is 486 g/mol. The van der Waals surface area contributed by atoms with Crippen LogP contribution in [0.3, 0.4) is 0 Å². The van der Waals surface area contributed by atoms with E-state index in [0.717, 1.165) is 47.4 Å². The SMILES string of the molecule is CC(C)N(c1cc(-c2ccc(-c3cc4nccc(N)n4n3)cc2)sc1C(=O)O)C(=O)[C@H]1CC[C@H](C)CC1. The van der Waals surface area contributed by atoms with Crippen molar-refractivity contribution in [2.75, 3.05) is 10.6 Å². The molecule has 1 aromatic carbocycles. The fourth-order valence-corrected chi connectivity index (χ4v) is 6.06. The van der Waals surface area contributed by atoms with Gasteiger partial charge >= 0.3 is 5.97 Å². The van der Waals surface area contributed by atoms with E-state index in [-0.39, 0.29) is 22.7 Å². The molecule has 0 bridgehead atoms. The minimum Gasteiger partial charge on any atom is -0.477 e. The van der Waals surface area contributed by atoms with Crippen LogP contribution in [-0.4, -0.2) is 37.6 Å². The zero-order valence-electron chi connectivity index (χ0n) is 21.2. The van der Waals surface area contributed by atoms with Crippen molar-refractivity contribution >= 4 is 40.4 Å². The van der Waals surface area contributed by atoms with E-state index < -0.39 is 5.97 Å². The molecule has 3 aromatic heterocycles. The van der Waals surface area contributed by atoms with Crippen LogP contribution in [0.1, 0.15) is 56.1 Å². The van der Waals surface area contributed by atoms with Crippen LogP contribution in [0.4, 0.5) is 11.5 Å². The van der Waals surface area contributed by atoms with Crippen molar-refractivity contribution < 1.29 is 14.7 Å². The molecule has 4 aromatic rings. The number of aromatic carboxylic acids is 1. The number of carbonyl (C=O) groups is 2. The monoisotopic (exact) mass is 517 g/mol. The van der Waals surface area contributed by atoms with Gasteiger partial charge in [0.15, 0.2) is 5.65 Å². The van der Waals surface area contributed by atoms with E-state index in [1.807, 2.05) is 50.2 Å². The molecule has 0 spiro atoms. The number of thiophene rings is 1. The predicted octanol–water partition coefficient (Wildman–Crippen LogP) is 5.97. The Morgan fingerprint density at radius 1 is 1.08 bits per heavy atom.